The molecule has 1 aromatic heterocycles. The smallest absolute Gasteiger partial charge is 0.239 e. The average Bonchev–Trinajstić information content (AvgIpc) is 3.29. The summed E-state index contributed by atoms with van der Waals surface area (Å²) < 4.78 is 1.96. The minimum absolute atomic E-state index is 0.0192. The third-order valence-electron chi connectivity index (χ3n) is 6.17. The van der Waals surface area contributed by atoms with Crippen molar-refractivity contribution < 1.29 is 4.79 Å². The predicted molar refractivity (Wildman–Crippen MR) is 116 cm³/mol. The molecule has 6 heteroatoms. The first kappa shape index (κ1) is 19.6. The van der Waals surface area contributed by atoms with Crippen molar-refractivity contribution >= 4 is 16.7 Å². The molecule has 1 aliphatic rings. The zero-order valence-electron chi connectivity index (χ0n) is 17.4. The number of fused-ring (bicyclic) bond motifs is 1. The van der Waals surface area contributed by atoms with E-state index in [4.69, 9.17) is 0 Å². The number of carbonyl (C=O) groups is 1. The standard InChI is InChI=1S/C23H29N5O/c1-5-20-14(2)22(27-26-20)23(29)25-15(3)19-13-24-28(16(19)4)21-12-8-10-17-9-6-7-11-18(17)21/h6-15,20,22,26-27H,5H2,1-4H3,(H,25,29). The van der Waals surface area contributed by atoms with Gasteiger partial charge in [-0.3, -0.25) is 10.2 Å². The van der Waals surface area contributed by atoms with Gasteiger partial charge in [-0.25, -0.2) is 10.1 Å². The molecule has 0 aliphatic carbocycles. The van der Waals surface area contributed by atoms with Crippen LogP contribution in [0.25, 0.3) is 16.5 Å². The summed E-state index contributed by atoms with van der Waals surface area (Å²) in [5.74, 6) is 0.262. The van der Waals surface area contributed by atoms with Gasteiger partial charge in [0.1, 0.15) is 6.04 Å². The molecule has 0 bridgehead atoms. The van der Waals surface area contributed by atoms with E-state index in [1.54, 1.807) is 0 Å². The van der Waals surface area contributed by atoms with Gasteiger partial charge in [-0.1, -0.05) is 50.2 Å². The lowest BCUT2D eigenvalue weighted by molar-refractivity contribution is -0.124. The van der Waals surface area contributed by atoms with Crippen LogP contribution in [0.2, 0.25) is 0 Å². The van der Waals surface area contributed by atoms with Crippen molar-refractivity contribution in [2.24, 2.45) is 5.92 Å². The molecule has 2 aromatic carbocycles. The van der Waals surface area contributed by atoms with Gasteiger partial charge in [-0.2, -0.15) is 5.10 Å². The molecule has 1 saturated heterocycles. The van der Waals surface area contributed by atoms with E-state index in [2.05, 4.69) is 66.3 Å². The van der Waals surface area contributed by atoms with E-state index in [0.717, 1.165) is 28.8 Å². The van der Waals surface area contributed by atoms with Crippen molar-refractivity contribution in [1.82, 2.24) is 25.9 Å². The van der Waals surface area contributed by atoms with Crippen molar-refractivity contribution in [3.05, 3.63) is 59.9 Å². The Labute approximate surface area is 171 Å². The Kier molecular flexibility index (Phi) is 5.39. The Morgan fingerprint density at radius 1 is 1.21 bits per heavy atom. The van der Waals surface area contributed by atoms with E-state index in [1.807, 2.05) is 36.0 Å². The zero-order valence-corrected chi connectivity index (χ0v) is 17.4. The third kappa shape index (κ3) is 3.54. The Hall–Kier alpha value is -2.70. The maximum atomic E-state index is 12.8. The summed E-state index contributed by atoms with van der Waals surface area (Å²) in [6.07, 6.45) is 2.85. The van der Waals surface area contributed by atoms with Crippen LogP contribution < -0.4 is 16.2 Å². The lowest BCUT2D eigenvalue weighted by Gasteiger charge is -2.20. The zero-order chi connectivity index (χ0) is 20.5. The van der Waals surface area contributed by atoms with Crippen LogP contribution in [0.5, 0.6) is 0 Å². The van der Waals surface area contributed by atoms with Crippen LogP contribution in [-0.2, 0) is 4.79 Å². The fourth-order valence-corrected chi connectivity index (χ4v) is 4.33. The molecule has 29 heavy (non-hydrogen) atoms. The molecule has 4 rings (SSSR count). The SMILES string of the molecule is CCC1NNC(C(=O)NC(C)c2cnn(-c3cccc4ccccc34)c2C)C1C. The van der Waals surface area contributed by atoms with Gasteiger partial charge >= 0.3 is 0 Å². The molecule has 1 amide bonds. The Bertz CT molecular complexity index is 1020. The van der Waals surface area contributed by atoms with E-state index in [1.165, 1.54) is 5.39 Å². The third-order valence-corrected chi connectivity index (χ3v) is 6.17. The van der Waals surface area contributed by atoms with Gasteiger partial charge in [-0.05, 0) is 37.6 Å². The normalized spacial score (nSPS) is 22.7. The first-order chi connectivity index (χ1) is 14.0. The maximum Gasteiger partial charge on any atom is 0.239 e. The lowest BCUT2D eigenvalue weighted by Crippen LogP contribution is -2.45. The molecule has 1 aliphatic heterocycles. The second kappa shape index (κ2) is 7.97. The molecule has 152 valence electrons. The number of aromatic nitrogens is 2. The summed E-state index contributed by atoms with van der Waals surface area (Å²) >= 11 is 0. The van der Waals surface area contributed by atoms with E-state index >= 15 is 0 Å². The monoisotopic (exact) mass is 391 g/mol. The number of carbonyl (C=O) groups excluding carboxylic acids is 1. The minimum atomic E-state index is -0.226. The van der Waals surface area contributed by atoms with Crippen LogP contribution in [0.15, 0.2) is 48.7 Å². The first-order valence-corrected chi connectivity index (χ1v) is 10.3. The van der Waals surface area contributed by atoms with Crippen molar-refractivity contribution in [2.45, 2.75) is 52.2 Å². The molecular formula is C23H29N5O. The van der Waals surface area contributed by atoms with Gasteiger partial charge in [0.15, 0.2) is 0 Å². The molecule has 1 fully saturated rings. The van der Waals surface area contributed by atoms with Crippen LogP contribution >= 0.6 is 0 Å². The Balaban J connectivity index is 1.56. The summed E-state index contributed by atoms with van der Waals surface area (Å²) in [7, 11) is 0. The second-order valence-electron chi connectivity index (χ2n) is 7.97. The number of hydrogen-bond acceptors (Lipinski definition) is 4. The fraction of sp³-hybridized carbons (Fsp3) is 0.391. The van der Waals surface area contributed by atoms with Crippen LogP contribution in [0.4, 0.5) is 0 Å². The van der Waals surface area contributed by atoms with Gasteiger partial charge in [0.2, 0.25) is 5.91 Å². The van der Waals surface area contributed by atoms with Crippen LogP contribution in [0.1, 0.15) is 44.5 Å². The summed E-state index contributed by atoms with van der Waals surface area (Å²) in [4.78, 5) is 12.8. The molecular weight excluding hydrogens is 362 g/mol. The highest BCUT2D eigenvalue weighted by molar-refractivity contribution is 5.90. The summed E-state index contributed by atoms with van der Waals surface area (Å²) in [6.45, 7) is 8.31. The van der Waals surface area contributed by atoms with Gasteiger partial charge in [0.05, 0.1) is 17.9 Å². The molecule has 3 N–H and O–H groups in total. The minimum Gasteiger partial charge on any atom is -0.348 e. The van der Waals surface area contributed by atoms with Crippen molar-refractivity contribution in [3.63, 3.8) is 0 Å². The number of hydrogen-bond donors (Lipinski definition) is 3. The second-order valence-corrected chi connectivity index (χ2v) is 7.97. The molecule has 0 radical (unpaired) electrons. The molecule has 0 spiro atoms. The van der Waals surface area contributed by atoms with Gasteiger partial charge < -0.3 is 5.32 Å². The number of hydrazine groups is 1. The lowest BCUT2D eigenvalue weighted by atomic mass is 9.94. The summed E-state index contributed by atoms with van der Waals surface area (Å²) in [5.41, 5.74) is 9.48. The van der Waals surface area contributed by atoms with Crippen LogP contribution in [-0.4, -0.2) is 27.8 Å². The van der Waals surface area contributed by atoms with Gasteiger partial charge in [0, 0.05) is 22.7 Å². The fourth-order valence-electron chi connectivity index (χ4n) is 4.33. The quantitative estimate of drug-likeness (QED) is 0.623. The van der Waals surface area contributed by atoms with Gasteiger partial charge in [-0.15, -0.1) is 0 Å². The van der Waals surface area contributed by atoms with Gasteiger partial charge in [0.25, 0.3) is 0 Å². The average molecular weight is 392 g/mol. The highest BCUT2D eigenvalue weighted by Gasteiger charge is 2.36. The Morgan fingerprint density at radius 3 is 2.72 bits per heavy atom. The molecule has 3 aromatic rings. The number of nitrogens with zero attached hydrogens (tertiary/aromatic N) is 2. The molecule has 4 unspecified atom stereocenters. The molecule has 0 saturated carbocycles. The van der Waals surface area contributed by atoms with E-state index in [-0.39, 0.29) is 23.9 Å². The highest BCUT2D eigenvalue weighted by Crippen LogP contribution is 2.26. The van der Waals surface area contributed by atoms with Crippen LogP contribution in [0.3, 0.4) is 0 Å². The number of amides is 1. The molecule has 4 atom stereocenters. The largest absolute Gasteiger partial charge is 0.348 e. The first-order valence-electron chi connectivity index (χ1n) is 10.3. The van der Waals surface area contributed by atoms with Crippen molar-refractivity contribution in [1.29, 1.82) is 0 Å². The van der Waals surface area contributed by atoms with Crippen molar-refractivity contribution in [2.75, 3.05) is 0 Å². The topological polar surface area (TPSA) is 71.0 Å². The van der Waals surface area contributed by atoms with E-state index in [0.29, 0.717) is 6.04 Å². The van der Waals surface area contributed by atoms with Crippen LogP contribution in [0, 0.1) is 12.8 Å². The summed E-state index contributed by atoms with van der Waals surface area (Å²) in [5, 5.41) is 10.1. The summed E-state index contributed by atoms with van der Waals surface area (Å²) in [6, 6.07) is 14.5. The number of nitrogens with one attached hydrogen (secondary N) is 3. The van der Waals surface area contributed by atoms with E-state index < -0.39 is 0 Å². The van der Waals surface area contributed by atoms with E-state index in [9.17, 15) is 4.79 Å². The highest BCUT2D eigenvalue weighted by atomic mass is 16.2. The predicted octanol–water partition coefficient (Wildman–Crippen LogP) is 3.40. The number of rotatable bonds is 5. The molecule has 6 nitrogen and oxygen atoms in total. The molecule has 2 heterocycles. The maximum absolute atomic E-state index is 12.8. The number of benzene rings is 2. The Morgan fingerprint density at radius 2 is 1.97 bits per heavy atom. The van der Waals surface area contributed by atoms with Crippen molar-refractivity contribution in [3.8, 4) is 5.69 Å².